The summed E-state index contributed by atoms with van der Waals surface area (Å²) >= 11 is 6.08. The van der Waals surface area contributed by atoms with Crippen LogP contribution in [0.3, 0.4) is 0 Å². The molecule has 4 fully saturated rings. The first-order valence-electron chi connectivity index (χ1n) is 16.4. The van der Waals surface area contributed by atoms with E-state index in [0.29, 0.717) is 70.4 Å². The molecule has 9 nitrogen and oxygen atoms in total. The zero-order valence-corrected chi connectivity index (χ0v) is 27.6. The Kier molecular flexibility index (Phi) is 7.91. The number of anilines is 1. The normalized spacial score (nSPS) is 25.7. The van der Waals surface area contributed by atoms with Crippen LogP contribution in [0.1, 0.15) is 46.1 Å². The Balaban J connectivity index is 1.23. The number of carbonyl (C=O) groups is 1. The molecule has 240 valence electrons. The van der Waals surface area contributed by atoms with Crippen molar-refractivity contribution in [2.75, 3.05) is 18.4 Å². The van der Waals surface area contributed by atoms with Gasteiger partial charge < -0.3 is 20.5 Å². The van der Waals surface area contributed by atoms with Gasteiger partial charge in [0, 0.05) is 36.0 Å². The lowest BCUT2D eigenvalue weighted by Gasteiger charge is -2.61. The highest BCUT2D eigenvalue weighted by Gasteiger charge is 2.56. The number of hydrogen-bond donors (Lipinski definition) is 3. The zero-order valence-electron chi connectivity index (χ0n) is 26.9. The molecule has 46 heavy (non-hydrogen) atoms. The number of aryl methyl sites for hydroxylation is 1. The van der Waals surface area contributed by atoms with Crippen LogP contribution in [-0.2, 0) is 17.8 Å². The predicted molar refractivity (Wildman–Crippen MR) is 184 cm³/mol. The monoisotopic (exact) mass is 639 g/mol. The van der Waals surface area contributed by atoms with Crippen molar-refractivity contribution < 1.29 is 4.79 Å². The lowest BCUT2D eigenvalue weighted by molar-refractivity contribution is -0.124. The van der Waals surface area contributed by atoms with Crippen LogP contribution in [0, 0.1) is 23.2 Å². The van der Waals surface area contributed by atoms with Gasteiger partial charge in [0.05, 0.1) is 29.2 Å². The van der Waals surface area contributed by atoms with Crippen molar-refractivity contribution in [3.05, 3.63) is 81.7 Å². The molecule has 3 aliphatic carbocycles. The first-order chi connectivity index (χ1) is 22.1. The van der Waals surface area contributed by atoms with E-state index in [2.05, 4.69) is 41.3 Å². The quantitative estimate of drug-likeness (QED) is 0.179. The van der Waals surface area contributed by atoms with Crippen LogP contribution < -0.4 is 16.2 Å². The molecule has 1 aliphatic heterocycles. The summed E-state index contributed by atoms with van der Waals surface area (Å²) < 4.78 is 1.74. The van der Waals surface area contributed by atoms with Crippen molar-refractivity contribution in [1.82, 2.24) is 24.8 Å². The van der Waals surface area contributed by atoms with Crippen molar-refractivity contribution in [3.8, 4) is 11.5 Å². The van der Waals surface area contributed by atoms with Gasteiger partial charge in [-0.1, -0.05) is 44.5 Å². The number of piperazine rings is 1. The molecule has 3 saturated carbocycles. The number of guanidine groups is 1. The summed E-state index contributed by atoms with van der Waals surface area (Å²) in [6.45, 7) is 10.5. The number of aromatic amines is 1. The smallest absolute Gasteiger partial charge is 0.261 e. The highest BCUT2D eigenvalue weighted by Crippen LogP contribution is 2.61. The van der Waals surface area contributed by atoms with Crippen LogP contribution >= 0.6 is 11.6 Å². The van der Waals surface area contributed by atoms with Crippen LogP contribution in [0.25, 0.3) is 22.4 Å². The van der Waals surface area contributed by atoms with Gasteiger partial charge in [-0.25, -0.2) is 9.98 Å². The minimum atomic E-state index is -0.0941. The fourth-order valence-electron chi connectivity index (χ4n) is 7.94. The van der Waals surface area contributed by atoms with Crippen LogP contribution in [-0.4, -0.2) is 56.5 Å². The number of benzene rings is 2. The summed E-state index contributed by atoms with van der Waals surface area (Å²) in [5, 5.41) is 7.82. The summed E-state index contributed by atoms with van der Waals surface area (Å²) in [6, 6.07) is 17.4. The Morgan fingerprint density at radius 1 is 1.11 bits per heavy atom. The lowest BCUT2D eigenvalue weighted by Crippen LogP contribution is -2.58. The Labute approximate surface area is 274 Å². The average Bonchev–Trinajstić information content (AvgIpc) is 3.56. The second kappa shape index (κ2) is 11.9. The summed E-state index contributed by atoms with van der Waals surface area (Å²) in [7, 11) is 0. The van der Waals surface area contributed by atoms with Gasteiger partial charge in [-0.05, 0) is 97.4 Å². The molecule has 1 unspecified atom stereocenters. The number of nitrogens with one attached hydrogen (secondary N) is 3. The predicted octanol–water partition coefficient (Wildman–Crippen LogP) is 5.95. The summed E-state index contributed by atoms with van der Waals surface area (Å²) in [5.74, 6) is 3.07. The fourth-order valence-corrected chi connectivity index (χ4v) is 8.07. The minimum absolute atomic E-state index is 0.0103. The van der Waals surface area contributed by atoms with Gasteiger partial charge >= 0.3 is 0 Å². The van der Waals surface area contributed by atoms with Gasteiger partial charge in [-0.2, -0.15) is 0 Å². The van der Waals surface area contributed by atoms with Crippen LogP contribution in [0.4, 0.5) is 5.69 Å². The number of rotatable bonds is 6. The number of H-pyrrole nitrogens is 1. The van der Waals surface area contributed by atoms with E-state index in [-0.39, 0.29) is 30.1 Å². The summed E-state index contributed by atoms with van der Waals surface area (Å²) in [4.78, 5) is 42.2. The standard InChI is InChI=1S/C36H42ClN7O2/c1-21-19-43(20-32(45)39-21)35(42-30-17-24-16-28(22(30)2)36(24,3)4)40-26-11-12-27-31(18-26)41-33(29-6-5-14-38-29)44(34(27)46)15-13-23-7-9-25(37)10-8-23/h5-12,14,18,21-22,24,28,30,38H,13,15-17,19-20H2,1-4H3,(H,39,45)(H,40,42)/t21-,22-,24-,28+,30?/m0/s1. The number of carbonyl (C=O) groups excluding carboxylic acids is 1. The van der Waals surface area contributed by atoms with Crippen LogP contribution in [0.2, 0.25) is 5.02 Å². The molecule has 2 aromatic carbocycles. The van der Waals surface area contributed by atoms with Crippen LogP contribution in [0.5, 0.6) is 0 Å². The molecule has 10 heteroatoms. The van der Waals surface area contributed by atoms with Crippen molar-refractivity contribution in [2.24, 2.45) is 28.2 Å². The molecule has 4 aromatic rings. The molecule has 3 N–H and O–H groups in total. The summed E-state index contributed by atoms with van der Waals surface area (Å²) in [5.41, 5.74) is 3.51. The van der Waals surface area contributed by atoms with E-state index >= 15 is 0 Å². The molecule has 2 bridgehead atoms. The van der Waals surface area contributed by atoms with Gasteiger partial charge in [0.2, 0.25) is 5.91 Å². The number of amides is 1. The molecule has 2 aromatic heterocycles. The molecule has 8 rings (SSSR count). The van der Waals surface area contributed by atoms with Crippen molar-refractivity contribution >= 4 is 40.1 Å². The third kappa shape index (κ3) is 5.70. The maximum absolute atomic E-state index is 14.0. The van der Waals surface area contributed by atoms with E-state index < -0.39 is 0 Å². The number of fused-ring (bicyclic) bond motifs is 3. The fraction of sp³-hybridized carbons (Fsp3) is 0.444. The first kappa shape index (κ1) is 30.5. The second-order valence-electron chi connectivity index (χ2n) is 14.0. The molecule has 1 amide bonds. The SMILES string of the molecule is C[C@@H]1C(N=C(Nc2ccc3c(=O)n(CCc4ccc(Cl)cc4)c(-c4ccc[nH]4)nc3c2)N2CC(=O)N[C@@H](C)C2)C[C@@H]2C[C@H]1C2(C)C. The topological polar surface area (TPSA) is 107 Å². The molecular weight excluding hydrogens is 598 g/mol. The van der Waals surface area contributed by atoms with Crippen LogP contribution in [0.15, 0.2) is 70.6 Å². The lowest BCUT2D eigenvalue weighted by atomic mass is 9.45. The van der Waals surface area contributed by atoms with E-state index in [1.165, 1.54) is 6.42 Å². The molecule has 0 spiro atoms. The number of aliphatic imine (C=N–C) groups is 1. The van der Waals surface area contributed by atoms with Gasteiger partial charge in [0.1, 0.15) is 0 Å². The zero-order chi connectivity index (χ0) is 32.2. The maximum Gasteiger partial charge on any atom is 0.261 e. The highest BCUT2D eigenvalue weighted by molar-refractivity contribution is 6.30. The average molecular weight is 640 g/mol. The van der Waals surface area contributed by atoms with Crippen molar-refractivity contribution in [2.45, 2.75) is 65.6 Å². The molecular formula is C36H42ClN7O2. The highest BCUT2D eigenvalue weighted by atomic mass is 35.5. The van der Waals surface area contributed by atoms with E-state index in [1.54, 1.807) is 4.57 Å². The first-order valence-corrected chi connectivity index (χ1v) is 16.8. The van der Waals surface area contributed by atoms with E-state index in [9.17, 15) is 9.59 Å². The second-order valence-corrected chi connectivity index (χ2v) is 14.5. The third-order valence-corrected chi connectivity index (χ3v) is 11.0. The van der Waals surface area contributed by atoms with Gasteiger partial charge in [-0.15, -0.1) is 0 Å². The van der Waals surface area contributed by atoms with Gasteiger partial charge in [-0.3, -0.25) is 14.2 Å². The molecule has 1 saturated heterocycles. The Bertz CT molecular complexity index is 1850. The van der Waals surface area contributed by atoms with E-state index in [4.69, 9.17) is 21.6 Å². The van der Waals surface area contributed by atoms with E-state index in [1.807, 2.05) is 67.7 Å². The Hall–Kier alpha value is -4.11. The molecule has 0 radical (unpaired) electrons. The Morgan fingerprint density at radius 2 is 1.91 bits per heavy atom. The number of aromatic nitrogens is 3. The van der Waals surface area contributed by atoms with Gasteiger partial charge in [0.15, 0.2) is 11.8 Å². The number of hydrogen-bond acceptors (Lipinski definition) is 4. The molecule has 3 heterocycles. The molecule has 4 aliphatic rings. The Morgan fingerprint density at radius 3 is 2.61 bits per heavy atom. The largest absolute Gasteiger partial charge is 0.359 e. The summed E-state index contributed by atoms with van der Waals surface area (Å²) in [6.07, 6.45) is 4.84. The van der Waals surface area contributed by atoms with E-state index in [0.717, 1.165) is 23.4 Å². The third-order valence-electron chi connectivity index (χ3n) is 10.7. The number of halogens is 1. The minimum Gasteiger partial charge on any atom is -0.359 e. The van der Waals surface area contributed by atoms with Crippen molar-refractivity contribution in [3.63, 3.8) is 0 Å². The van der Waals surface area contributed by atoms with Gasteiger partial charge in [0.25, 0.3) is 5.56 Å². The molecule has 5 atom stereocenters. The number of nitrogens with zero attached hydrogens (tertiary/aromatic N) is 4. The van der Waals surface area contributed by atoms with Crippen molar-refractivity contribution in [1.29, 1.82) is 0 Å². The maximum atomic E-state index is 14.0.